The molecule has 20 heavy (non-hydrogen) atoms. The SMILES string of the molecule is O=C(CCc1ccco1)N1CCN(C(=O)C2CC2)CC1. The highest BCUT2D eigenvalue weighted by atomic mass is 16.3. The van der Waals surface area contributed by atoms with E-state index in [2.05, 4.69) is 0 Å². The second-order valence-electron chi connectivity index (χ2n) is 5.56. The zero-order chi connectivity index (χ0) is 13.9. The van der Waals surface area contributed by atoms with Gasteiger partial charge in [0, 0.05) is 44.9 Å². The van der Waals surface area contributed by atoms with Gasteiger partial charge in [0.15, 0.2) is 0 Å². The van der Waals surface area contributed by atoms with Crippen LogP contribution in [-0.2, 0) is 16.0 Å². The van der Waals surface area contributed by atoms with Crippen molar-refractivity contribution in [2.24, 2.45) is 5.92 Å². The second kappa shape index (κ2) is 5.69. The van der Waals surface area contributed by atoms with Gasteiger partial charge < -0.3 is 14.2 Å². The number of nitrogens with zero attached hydrogens (tertiary/aromatic N) is 2. The molecule has 2 aliphatic rings. The Labute approximate surface area is 118 Å². The Kier molecular flexibility index (Phi) is 3.76. The van der Waals surface area contributed by atoms with E-state index in [9.17, 15) is 9.59 Å². The van der Waals surface area contributed by atoms with Crippen LogP contribution in [0.2, 0.25) is 0 Å². The smallest absolute Gasteiger partial charge is 0.225 e. The van der Waals surface area contributed by atoms with Gasteiger partial charge in [-0.05, 0) is 25.0 Å². The first kappa shape index (κ1) is 13.2. The molecule has 0 N–H and O–H groups in total. The minimum absolute atomic E-state index is 0.153. The van der Waals surface area contributed by atoms with Gasteiger partial charge in [-0.3, -0.25) is 9.59 Å². The summed E-state index contributed by atoms with van der Waals surface area (Å²) in [6.07, 6.45) is 4.83. The molecule has 2 amide bonds. The van der Waals surface area contributed by atoms with Gasteiger partial charge in [0.25, 0.3) is 0 Å². The molecule has 0 radical (unpaired) electrons. The van der Waals surface area contributed by atoms with Crippen molar-refractivity contribution in [1.29, 1.82) is 0 Å². The van der Waals surface area contributed by atoms with Crippen LogP contribution in [-0.4, -0.2) is 47.8 Å². The third-order valence-corrected chi connectivity index (χ3v) is 4.04. The summed E-state index contributed by atoms with van der Waals surface area (Å²) in [7, 11) is 0. The summed E-state index contributed by atoms with van der Waals surface area (Å²) in [5.41, 5.74) is 0. The van der Waals surface area contributed by atoms with Gasteiger partial charge in [0.2, 0.25) is 11.8 Å². The second-order valence-corrected chi connectivity index (χ2v) is 5.56. The third-order valence-electron chi connectivity index (χ3n) is 4.04. The van der Waals surface area contributed by atoms with Crippen LogP contribution in [0.1, 0.15) is 25.0 Å². The topological polar surface area (TPSA) is 53.8 Å². The summed E-state index contributed by atoms with van der Waals surface area (Å²) >= 11 is 0. The summed E-state index contributed by atoms with van der Waals surface area (Å²) in [5, 5.41) is 0. The van der Waals surface area contributed by atoms with Gasteiger partial charge in [0.05, 0.1) is 6.26 Å². The van der Waals surface area contributed by atoms with Gasteiger partial charge in [-0.15, -0.1) is 0 Å². The maximum Gasteiger partial charge on any atom is 0.225 e. The zero-order valence-corrected chi connectivity index (χ0v) is 11.6. The average Bonchev–Trinajstić information content (AvgIpc) is 3.21. The van der Waals surface area contributed by atoms with E-state index in [1.54, 1.807) is 6.26 Å². The molecule has 1 saturated heterocycles. The molecule has 3 rings (SSSR count). The largest absolute Gasteiger partial charge is 0.469 e. The molecule has 5 heteroatoms. The molecule has 0 spiro atoms. The van der Waals surface area contributed by atoms with Crippen molar-refractivity contribution in [3.8, 4) is 0 Å². The molecule has 0 aromatic carbocycles. The Morgan fingerprint density at radius 2 is 1.85 bits per heavy atom. The van der Waals surface area contributed by atoms with Crippen LogP contribution in [0.3, 0.4) is 0 Å². The van der Waals surface area contributed by atoms with Crippen molar-refractivity contribution >= 4 is 11.8 Å². The average molecular weight is 276 g/mol. The molecule has 1 aliphatic heterocycles. The van der Waals surface area contributed by atoms with Gasteiger partial charge in [0.1, 0.15) is 5.76 Å². The lowest BCUT2D eigenvalue weighted by Gasteiger charge is -2.35. The van der Waals surface area contributed by atoms with E-state index in [0.29, 0.717) is 39.0 Å². The molecular weight excluding hydrogens is 256 g/mol. The number of furan rings is 1. The highest BCUT2D eigenvalue weighted by Crippen LogP contribution is 2.31. The van der Waals surface area contributed by atoms with Crippen LogP contribution in [0.5, 0.6) is 0 Å². The fourth-order valence-corrected chi connectivity index (χ4v) is 2.61. The van der Waals surface area contributed by atoms with E-state index < -0.39 is 0 Å². The fraction of sp³-hybridized carbons (Fsp3) is 0.600. The predicted octanol–water partition coefficient (Wildman–Crippen LogP) is 1.29. The lowest BCUT2D eigenvalue weighted by Crippen LogP contribution is -2.51. The molecule has 108 valence electrons. The van der Waals surface area contributed by atoms with Gasteiger partial charge in [-0.1, -0.05) is 0 Å². The normalized spacial score (nSPS) is 19.2. The lowest BCUT2D eigenvalue weighted by molar-refractivity contribution is -0.140. The van der Waals surface area contributed by atoms with Crippen LogP contribution in [0.4, 0.5) is 0 Å². The third kappa shape index (κ3) is 3.03. The van der Waals surface area contributed by atoms with Crippen molar-refractivity contribution < 1.29 is 14.0 Å². The summed E-state index contributed by atoms with van der Waals surface area (Å²) < 4.78 is 5.23. The Morgan fingerprint density at radius 3 is 2.45 bits per heavy atom. The number of piperazine rings is 1. The number of hydrogen-bond donors (Lipinski definition) is 0. The van der Waals surface area contributed by atoms with Gasteiger partial charge in [-0.25, -0.2) is 0 Å². The van der Waals surface area contributed by atoms with E-state index in [1.165, 1.54) is 0 Å². The minimum atomic E-state index is 0.153. The van der Waals surface area contributed by atoms with Crippen molar-refractivity contribution in [3.63, 3.8) is 0 Å². The molecule has 0 atom stereocenters. The minimum Gasteiger partial charge on any atom is -0.469 e. The molecule has 0 unspecified atom stereocenters. The molecule has 1 saturated carbocycles. The van der Waals surface area contributed by atoms with E-state index in [1.807, 2.05) is 21.9 Å². The Morgan fingerprint density at radius 1 is 1.15 bits per heavy atom. The standard InChI is InChI=1S/C15H20N2O3/c18-14(6-5-13-2-1-11-20-13)16-7-9-17(10-8-16)15(19)12-3-4-12/h1-2,11-12H,3-10H2. The molecule has 0 bridgehead atoms. The number of rotatable bonds is 4. The van der Waals surface area contributed by atoms with Crippen LogP contribution < -0.4 is 0 Å². The number of carbonyl (C=O) groups excluding carboxylic acids is 2. The molecule has 1 aromatic rings. The molecule has 1 aliphatic carbocycles. The highest BCUT2D eigenvalue weighted by Gasteiger charge is 2.35. The Hall–Kier alpha value is -1.78. The predicted molar refractivity (Wildman–Crippen MR) is 72.9 cm³/mol. The Balaban J connectivity index is 1.42. The van der Waals surface area contributed by atoms with Gasteiger partial charge >= 0.3 is 0 Å². The molecule has 5 nitrogen and oxygen atoms in total. The van der Waals surface area contributed by atoms with Crippen molar-refractivity contribution in [1.82, 2.24) is 9.80 Å². The fourth-order valence-electron chi connectivity index (χ4n) is 2.61. The number of aryl methyl sites for hydroxylation is 1. The molecule has 1 aromatic heterocycles. The van der Waals surface area contributed by atoms with E-state index in [-0.39, 0.29) is 17.7 Å². The van der Waals surface area contributed by atoms with Gasteiger partial charge in [-0.2, -0.15) is 0 Å². The monoisotopic (exact) mass is 276 g/mol. The quantitative estimate of drug-likeness (QED) is 0.832. The van der Waals surface area contributed by atoms with Crippen molar-refractivity contribution in [2.75, 3.05) is 26.2 Å². The summed E-state index contributed by atoms with van der Waals surface area (Å²) in [5.74, 6) is 1.56. The summed E-state index contributed by atoms with van der Waals surface area (Å²) in [6, 6.07) is 3.72. The first-order chi connectivity index (χ1) is 9.74. The highest BCUT2D eigenvalue weighted by molar-refractivity contribution is 5.81. The summed E-state index contributed by atoms with van der Waals surface area (Å²) in [6.45, 7) is 2.69. The first-order valence-electron chi connectivity index (χ1n) is 7.33. The number of hydrogen-bond acceptors (Lipinski definition) is 3. The number of carbonyl (C=O) groups is 2. The lowest BCUT2D eigenvalue weighted by atomic mass is 10.2. The van der Waals surface area contributed by atoms with E-state index in [4.69, 9.17) is 4.42 Å². The Bertz CT molecular complexity index is 471. The summed E-state index contributed by atoms with van der Waals surface area (Å²) in [4.78, 5) is 27.8. The van der Waals surface area contributed by atoms with Crippen molar-refractivity contribution in [3.05, 3.63) is 24.2 Å². The van der Waals surface area contributed by atoms with E-state index >= 15 is 0 Å². The van der Waals surface area contributed by atoms with Crippen LogP contribution in [0, 0.1) is 5.92 Å². The number of amides is 2. The molecule has 2 fully saturated rings. The van der Waals surface area contributed by atoms with E-state index in [0.717, 1.165) is 18.6 Å². The maximum absolute atomic E-state index is 12.1. The molecule has 2 heterocycles. The van der Waals surface area contributed by atoms with Crippen molar-refractivity contribution in [2.45, 2.75) is 25.7 Å². The van der Waals surface area contributed by atoms with Crippen LogP contribution in [0.15, 0.2) is 22.8 Å². The maximum atomic E-state index is 12.1. The first-order valence-corrected chi connectivity index (χ1v) is 7.33. The zero-order valence-electron chi connectivity index (χ0n) is 11.6. The van der Waals surface area contributed by atoms with Crippen LogP contribution >= 0.6 is 0 Å². The van der Waals surface area contributed by atoms with Crippen LogP contribution in [0.25, 0.3) is 0 Å². The molecular formula is C15H20N2O3.